The van der Waals surface area contributed by atoms with Crippen LogP contribution in [0.2, 0.25) is 5.02 Å². The van der Waals surface area contributed by atoms with Gasteiger partial charge in [-0.3, -0.25) is 0 Å². The number of nitrogens with two attached hydrogens (primary N) is 1. The SMILES string of the molecule is CC(C)C(N)CSc1ccc(Cl)cc1. The van der Waals surface area contributed by atoms with Gasteiger partial charge >= 0.3 is 0 Å². The molecule has 0 aliphatic heterocycles. The first-order chi connectivity index (χ1) is 6.59. The summed E-state index contributed by atoms with van der Waals surface area (Å²) in [5.74, 6) is 1.49. The fourth-order valence-corrected chi connectivity index (χ4v) is 2.14. The third-order valence-electron chi connectivity index (χ3n) is 2.11. The molecule has 3 heteroatoms. The van der Waals surface area contributed by atoms with Crippen LogP contribution in [0, 0.1) is 5.92 Å². The molecule has 0 radical (unpaired) electrons. The predicted molar refractivity (Wildman–Crippen MR) is 65.0 cm³/mol. The molecule has 1 aromatic carbocycles. The molecule has 0 saturated carbocycles. The Morgan fingerprint density at radius 3 is 2.36 bits per heavy atom. The maximum atomic E-state index is 5.95. The normalized spacial score (nSPS) is 13.2. The third kappa shape index (κ3) is 3.91. The second-order valence-electron chi connectivity index (χ2n) is 3.67. The number of hydrogen-bond donors (Lipinski definition) is 1. The molecule has 2 N–H and O–H groups in total. The van der Waals surface area contributed by atoms with Gasteiger partial charge in [0.15, 0.2) is 0 Å². The Morgan fingerprint density at radius 1 is 1.29 bits per heavy atom. The van der Waals surface area contributed by atoms with E-state index in [-0.39, 0.29) is 6.04 Å². The molecule has 0 saturated heterocycles. The molecule has 14 heavy (non-hydrogen) atoms. The summed E-state index contributed by atoms with van der Waals surface area (Å²) < 4.78 is 0. The highest BCUT2D eigenvalue weighted by molar-refractivity contribution is 7.99. The fraction of sp³-hybridized carbons (Fsp3) is 0.455. The zero-order valence-electron chi connectivity index (χ0n) is 8.53. The minimum absolute atomic E-state index is 0.260. The monoisotopic (exact) mass is 229 g/mol. The average Bonchev–Trinajstić information content (AvgIpc) is 2.16. The minimum atomic E-state index is 0.260. The van der Waals surface area contributed by atoms with Crippen LogP contribution >= 0.6 is 23.4 Å². The van der Waals surface area contributed by atoms with Crippen molar-refractivity contribution >= 4 is 23.4 Å². The first-order valence-corrected chi connectivity index (χ1v) is 6.10. The third-order valence-corrected chi connectivity index (χ3v) is 3.52. The molecule has 0 aliphatic rings. The molecule has 0 spiro atoms. The Labute approximate surface area is 95.0 Å². The summed E-state index contributed by atoms with van der Waals surface area (Å²) in [5.41, 5.74) is 5.95. The van der Waals surface area contributed by atoms with Crippen LogP contribution in [0.25, 0.3) is 0 Å². The van der Waals surface area contributed by atoms with E-state index in [0.717, 1.165) is 10.8 Å². The van der Waals surface area contributed by atoms with Gasteiger partial charge < -0.3 is 5.73 Å². The van der Waals surface area contributed by atoms with Gasteiger partial charge in [0.1, 0.15) is 0 Å². The molecular formula is C11H16ClNS. The van der Waals surface area contributed by atoms with Crippen molar-refractivity contribution in [2.75, 3.05) is 5.75 Å². The molecule has 0 amide bonds. The lowest BCUT2D eigenvalue weighted by Crippen LogP contribution is -2.28. The first kappa shape index (κ1) is 11.9. The van der Waals surface area contributed by atoms with Crippen molar-refractivity contribution in [3.8, 4) is 0 Å². The Hall–Kier alpha value is -0.180. The summed E-state index contributed by atoms with van der Waals surface area (Å²) in [6.07, 6.45) is 0. The topological polar surface area (TPSA) is 26.0 Å². The predicted octanol–water partition coefficient (Wildman–Crippen LogP) is 3.42. The lowest BCUT2D eigenvalue weighted by atomic mass is 10.1. The van der Waals surface area contributed by atoms with Gasteiger partial charge in [0.05, 0.1) is 0 Å². The highest BCUT2D eigenvalue weighted by Gasteiger charge is 2.07. The van der Waals surface area contributed by atoms with E-state index in [2.05, 4.69) is 13.8 Å². The van der Waals surface area contributed by atoms with Crippen molar-refractivity contribution < 1.29 is 0 Å². The van der Waals surface area contributed by atoms with Gasteiger partial charge in [-0.1, -0.05) is 25.4 Å². The van der Waals surface area contributed by atoms with Crippen LogP contribution < -0.4 is 5.73 Å². The van der Waals surface area contributed by atoms with Crippen molar-refractivity contribution in [2.45, 2.75) is 24.8 Å². The lowest BCUT2D eigenvalue weighted by Gasteiger charge is -2.14. The number of halogens is 1. The van der Waals surface area contributed by atoms with Gasteiger partial charge in [0.25, 0.3) is 0 Å². The largest absolute Gasteiger partial charge is 0.327 e. The van der Waals surface area contributed by atoms with Crippen LogP contribution in [0.1, 0.15) is 13.8 Å². The van der Waals surface area contributed by atoms with E-state index in [1.165, 1.54) is 4.90 Å². The second kappa shape index (κ2) is 5.64. The summed E-state index contributed by atoms with van der Waals surface area (Å²) in [4.78, 5) is 1.23. The zero-order valence-corrected chi connectivity index (χ0v) is 10.1. The van der Waals surface area contributed by atoms with E-state index in [0.29, 0.717) is 5.92 Å². The van der Waals surface area contributed by atoms with Crippen molar-refractivity contribution in [2.24, 2.45) is 11.7 Å². The van der Waals surface area contributed by atoms with Gasteiger partial charge in [0.2, 0.25) is 0 Å². The molecule has 1 aromatic rings. The van der Waals surface area contributed by atoms with E-state index < -0.39 is 0 Å². The molecule has 1 atom stereocenters. The standard InChI is InChI=1S/C11H16ClNS/c1-8(2)11(13)7-14-10-5-3-9(12)4-6-10/h3-6,8,11H,7,13H2,1-2H3. The van der Waals surface area contributed by atoms with Crippen LogP contribution in [-0.4, -0.2) is 11.8 Å². The average molecular weight is 230 g/mol. The molecule has 0 fully saturated rings. The van der Waals surface area contributed by atoms with Crippen molar-refractivity contribution in [3.05, 3.63) is 29.3 Å². The Bertz CT molecular complexity index is 271. The fourth-order valence-electron chi connectivity index (χ4n) is 0.916. The van der Waals surface area contributed by atoms with Gasteiger partial charge in [-0.15, -0.1) is 11.8 Å². The summed E-state index contributed by atoms with van der Waals surface area (Å²) in [6.45, 7) is 4.29. The molecule has 1 unspecified atom stereocenters. The van der Waals surface area contributed by atoms with E-state index in [1.807, 2.05) is 24.3 Å². The van der Waals surface area contributed by atoms with E-state index >= 15 is 0 Å². The number of rotatable bonds is 4. The van der Waals surface area contributed by atoms with Crippen LogP contribution in [-0.2, 0) is 0 Å². The van der Waals surface area contributed by atoms with Crippen LogP contribution in [0.4, 0.5) is 0 Å². The lowest BCUT2D eigenvalue weighted by molar-refractivity contribution is 0.535. The van der Waals surface area contributed by atoms with Gasteiger partial charge in [0, 0.05) is 21.7 Å². The molecule has 0 bridgehead atoms. The molecule has 1 nitrogen and oxygen atoms in total. The zero-order chi connectivity index (χ0) is 10.6. The molecule has 0 aliphatic carbocycles. The maximum absolute atomic E-state index is 5.95. The van der Waals surface area contributed by atoms with Crippen molar-refractivity contribution in [1.29, 1.82) is 0 Å². The molecule has 0 heterocycles. The second-order valence-corrected chi connectivity index (χ2v) is 5.20. The van der Waals surface area contributed by atoms with Gasteiger partial charge in [-0.25, -0.2) is 0 Å². The summed E-state index contributed by atoms with van der Waals surface area (Å²) in [5, 5.41) is 0.780. The van der Waals surface area contributed by atoms with Crippen LogP contribution in [0.15, 0.2) is 29.2 Å². The number of hydrogen-bond acceptors (Lipinski definition) is 2. The Balaban J connectivity index is 2.42. The molecule has 78 valence electrons. The van der Waals surface area contributed by atoms with Crippen LogP contribution in [0.3, 0.4) is 0 Å². The highest BCUT2D eigenvalue weighted by Crippen LogP contribution is 2.21. The molecular weight excluding hydrogens is 214 g/mol. The number of thioether (sulfide) groups is 1. The van der Waals surface area contributed by atoms with Gasteiger partial charge in [-0.05, 0) is 30.2 Å². The van der Waals surface area contributed by atoms with E-state index in [1.54, 1.807) is 11.8 Å². The summed E-state index contributed by atoms with van der Waals surface area (Å²) in [7, 11) is 0. The van der Waals surface area contributed by atoms with E-state index in [4.69, 9.17) is 17.3 Å². The van der Waals surface area contributed by atoms with Crippen molar-refractivity contribution in [3.63, 3.8) is 0 Å². The molecule has 0 aromatic heterocycles. The number of benzene rings is 1. The molecule has 1 rings (SSSR count). The smallest absolute Gasteiger partial charge is 0.0406 e. The summed E-state index contributed by atoms with van der Waals surface area (Å²) >= 11 is 7.57. The minimum Gasteiger partial charge on any atom is -0.327 e. The Morgan fingerprint density at radius 2 is 1.86 bits per heavy atom. The first-order valence-electron chi connectivity index (χ1n) is 4.73. The maximum Gasteiger partial charge on any atom is 0.0406 e. The van der Waals surface area contributed by atoms with E-state index in [9.17, 15) is 0 Å². The highest BCUT2D eigenvalue weighted by atomic mass is 35.5. The van der Waals surface area contributed by atoms with Crippen LogP contribution in [0.5, 0.6) is 0 Å². The summed E-state index contributed by atoms with van der Waals surface area (Å²) in [6, 6.07) is 8.13. The quantitative estimate of drug-likeness (QED) is 0.801. The van der Waals surface area contributed by atoms with Crippen molar-refractivity contribution in [1.82, 2.24) is 0 Å². The van der Waals surface area contributed by atoms with Gasteiger partial charge in [-0.2, -0.15) is 0 Å². The Kier molecular flexibility index (Phi) is 4.79.